The van der Waals surface area contributed by atoms with Gasteiger partial charge in [-0.15, -0.1) is 0 Å². The number of methoxy groups -OCH3 is 1. The molecule has 0 saturated heterocycles. The molecule has 3 rings (SSSR count). The smallest absolute Gasteiger partial charge is 0.338 e. The van der Waals surface area contributed by atoms with Gasteiger partial charge in [0.25, 0.3) is 0 Å². The minimum Gasteiger partial charge on any atom is -0.497 e. The number of carbonyl (C=O) groups is 2. The van der Waals surface area contributed by atoms with E-state index in [0.717, 1.165) is 11.3 Å². The SMILES string of the molecule is CCOC(=O)C1=C(CSC2CCCC2)NC(=O)N[C@H]1c1ccc(OC)cc1. The van der Waals surface area contributed by atoms with Gasteiger partial charge in [0.15, 0.2) is 0 Å². The summed E-state index contributed by atoms with van der Waals surface area (Å²) in [6.45, 7) is 2.07. The standard InChI is InChI=1S/C20H26N2O4S/c1-3-26-19(23)17-16(12-27-15-6-4-5-7-15)21-20(24)22-18(17)13-8-10-14(25-2)11-9-13/h8-11,15,18H,3-7,12H2,1-2H3,(H2,21,22,24)/t18-/m0/s1. The van der Waals surface area contributed by atoms with Crippen molar-refractivity contribution in [3.05, 3.63) is 41.1 Å². The monoisotopic (exact) mass is 390 g/mol. The van der Waals surface area contributed by atoms with Crippen LogP contribution in [0.1, 0.15) is 44.2 Å². The maximum absolute atomic E-state index is 12.7. The lowest BCUT2D eigenvalue weighted by Crippen LogP contribution is -2.46. The third-order valence-corrected chi connectivity index (χ3v) is 6.26. The van der Waals surface area contributed by atoms with Gasteiger partial charge < -0.3 is 20.1 Å². The maximum Gasteiger partial charge on any atom is 0.338 e. The van der Waals surface area contributed by atoms with Crippen LogP contribution in [0.5, 0.6) is 5.75 Å². The van der Waals surface area contributed by atoms with Crippen LogP contribution in [0.4, 0.5) is 4.79 Å². The van der Waals surface area contributed by atoms with Gasteiger partial charge in [0.2, 0.25) is 0 Å². The number of hydrogen-bond donors (Lipinski definition) is 2. The molecule has 1 aliphatic heterocycles. The van der Waals surface area contributed by atoms with Gasteiger partial charge in [0, 0.05) is 16.7 Å². The van der Waals surface area contributed by atoms with Gasteiger partial charge in [-0.1, -0.05) is 25.0 Å². The van der Waals surface area contributed by atoms with E-state index in [0.29, 0.717) is 22.3 Å². The van der Waals surface area contributed by atoms with Gasteiger partial charge in [0.1, 0.15) is 5.75 Å². The molecular formula is C20H26N2O4S. The fourth-order valence-electron chi connectivity index (χ4n) is 3.48. The lowest BCUT2D eigenvalue weighted by molar-refractivity contribution is -0.139. The predicted molar refractivity (Wildman–Crippen MR) is 106 cm³/mol. The summed E-state index contributed by atoms with van der Waals surface area (Å²) in [6, 6.07) is 6.51. The highest BCUT2D eigenvalue weighted by Gasteiger charge is 2.34. The van der Waals surface area contributed by atoms with E-state index in [1.807, 2.05) is 24.3 Å². The summed E-state index contributed by atoms with van der Waals surface area (Å²) in [4.78, 5) is 25.0. The molecule has 2 N–H and O–H groups in total. The third kappa shape index (κ3) is 4.77. The van der Waals surface area contributed by atoms with E-state index < -0.39 is 12.0 Å². The summed E-state index contributed by atoms with van der Waals surface area (Å²) in [5.41, 5.74) is 1.94. The zero-order chi connectivity index (χ0) is 19.2. The van der Waals surface area contributed by atoms with Crippen LogP contribution in [-0.4, -0.2) is 36.7 Å². The summed E-state index contributed by atoms with van der Waals surface area (Å²) in [5.74, 6) is 0.921. The molecule has 0 bridgehead atoms. The number of ether oxygens (including phenoxy) is 2. The molecule has 1 fully saturated rings. The summed E-state index contributed by atoms with van der Waals surface area (Å²) in [6.07, 6.45) is 4.90. The minimum absolute atomic E-state index is 0.286. The topological polar surface area (TPSA) is 76.7 Å². The van der Waals surface area contributed by atoms with Gasteiger partial charge in [-0.3, -0.25) is 0 Å². The predicted octanol–water partition coefficient (Wildman–Crippen LogP) is 3.54. The minimum atomic E-state index is -0.539. The van der Waals surface area contributed by atoms with Crippen molar-refractivity contribution in [1.29, 1.82) is 0 Å². The Balaban J connectivity index is 1.90. The number of urea groups is 1. The van der Waals surface area contributed by atoms with Gasteiger partial charge in [0.05, 0.1) is 25.3 Å². The number of amides is 2. The molecule has 2 aliphatic rings. The van der Waals surface area contributed by atoms with Gasteiger partial charge >= 0.3 is 12.0 Å². The molecule has 1 aromatic carbocycles. The lowest BCUT2D eigenvalue weighted by Gasteiger charge is -2.29. The lowest BCUT2D eigenvalue weighted by atomic mass is 9.95. The Bertz CT molecular complexity index is 711. The Hall–Kier alpha value is -2.15. The molecule has 0 radical (unpaired) electrons. The number of carbonyl (C=O) groups excluding carboxylic acids is 2. The number of hydrogen-bond acceptors (Lipinski definition) is 5. The zero-order valence-electron chi connectivity index (χ0n) is 15.7. The van der Waals surface area contributed by atoms with Gasteiger partial charge in [-0.2, -0.15) is 11.8 Å². The number of thioether (sulfide) groups is 1. The highest BCUT2D eigenvalue weighted by atomic mass is 32.2. The second kappa shape index (κ2) is 9.17. The van der Waals surface area contributed by atoms with Gasteiger partial charge in [-0.05, 0) is 37.5 Å². The molecule has 27 heavy (non-hydrogen) atoms. The molecule has 7 heteroatoms. The molecular weight excluding hydrogens is 364 g/mol. The fourth-order valence-corrected chi connectivity index (χ4v) is 4.78. The summed E-state index contributed by atoms with van der Waals surface area (Å²) >= 11 is 1.81. The molecule has 0 unspecified atom stereocenters. The zero-order valence-corrected chi connectivity index (χ0v) is 16.6. The molecule has 6 nitrogen and oxygen atoms in total. The van der Waals surface area contributed by atoms with E-state index in [-0.39, 0.29) is 12.6 Å². The largest absolute Gasteiger partial charge is 0.497 e. The molecule has 1 saturated carbocycles. The van der Waals surface area contributed by atoms with Crippen LogP contribution in [0.25, 0.3) is 0 Å². The second-order valence-electron chi connectivity index (χ2n) is 6.63. The van der Waals surface area contributed by atoms with Crippen molar-refractivity contribution in [2.24, 2.45) is 0 Å². The van der Waals surface area contributed by atoms with E-state index in [9.17, 15) is 9.59 Å². The Labute approximate surface area is 164 Å². The van der Waals surface area contributed by atoms with Crippen LogP contribution in [0.15, 0.2) is 35.5 Å². The van der Waals surface area contributed by atoms with E-state index >= 15 is 0 Å². The Morgan fingerprint density at radius 1 is 1.22 bits per heavy atom. The average Bonchev–Trinajstić information content (AvgIpc) is 3.19. The van der Waals surface area contributed by atoms with Crippen LogP contribution in [-0.2, 0) is 9.53 Å². The first-order valence-corrected chi connectivity index (χ1v) is 10.4. The van der Waals surface area contributed by atoms with Crippen molar-refractivity contribution in [1.82, 2.24) is 10.6 Å². The summed E-state index contributed by atoms with van der Waals surface area (Å²) < 4.78 is 10.5. The number of esters is 1. The second-order valence-corrected chi connectivity index (χ2v) is 7.92. The first-order valence-electron chi connectivity index (χ1n) is 9.35. The quantitative estimate of drug-likeness (QED) is 0.697. The Morgan fingerprint density at radius 3 is 2.56 bits per heavy atom. The molecule has 0 spiro atoms. The van der Waals surface area contributed by atoms with Gasteiger partial charge in [-0.25, -0.2) is 9.59 Å². The molecule has 0 aromatic heterocycles. The Kier molecular flexibility index (Phi) is 6.66. The van der Waals surface area contributed by atoms with Crippen molar-refractivity contribution < 1.29 is 19.1 Å². The molecule has 1 aromatic rings. The van der Waals surface area contributed by atoms with Crippen LogP contribution < -0.4 is 15.4 Å². The fraction of sp³-hybridized carbons (Fsp3) is 0.500. The van der Waals surface area contributed by atoms with E-state index in [1.165, 1.54) is 25.7 Å². The highest BCUT2D eigenvalue weighted by Crippen LogP contribution is 2.34. The van der Waals surface area contributed by atoms with Crippen LogP contribution >= 0.6 is 11.8 Å². The summed E-state index contributed by atoms with van der Waals surface area (Å²) in [5, 5.41) is 6.28. The molecule has 1 atom stereocenters. The van der Waals surface area contributed by atoms with Crippen LogP contribution in [0.2, 0.25) is 0 Å². The first-order chi connectivity index (χ1) is 13.1. The first kappa shape index (κ1) is 19.6. The number of benzene rings is 1. The number of nitrogens with one attached hydrogen (secondary N) is 2. The molecule has 1 heterocycles. The van der Waals surface area contributed by atoms with Crippen molar-refractivity contribution in [2.75, 3.05) is 19.5 Å². The van der Waals surface area contributed by atoms with Crippen molar-refractivity contribution >= 4 is 23.8 Å². The van der Waals surface area contributed by atoms with Crippen molar-refractivity contribution in [2.45, 2.75) is 43.9 Å². The van der Waals surface area contributed by atoms with E-state index in [4.69, 9.17) is 9.47 Å². The Morgan fingerprint density at radius 2 is 1.93 bits per heavy atom. The highest BCUT2D eigenvalue weighted by molar-refractivity contribution is 8.00. The van der Waals surface area contributed by atoms with Crippen molar-refractivity contribution in [3.8, 4) is 5.75 Å². The van der Waals surface area contributed by atoms with E-state index in [2.05, 4.69) is 10.6 Å². The molecule has 146 valence electrons. The van der Waals surface area contributed by atoms with Crippen LogP contribution in [0.3, 0.4) is 0 Å². The summed E-state index contributed by atoms with van der Waals surface area (Å²) in [7, 11) is 1.60. The average molecular weight is 391 g/mol. The normalized spacial score (nSPS) is 20.2. The number of rotatable bonds is 7. The van der Waals surface area contributed by atoms with Crippen molar-refractivity contribution in [3.63, 3.8) is 0 Å². The third-order valence-electron chi connectivity index (χ3n) is 4.86. The maximum atomic E-state index is 12.7. The van der Waals surface area contributed by atoms with Crippen LogP contribution in [0, 0.1) is 0 Å². The van der Waals surface area contributed by atoms with E-state index in [1.54, 1.807) is 25.8 Å². The molecule has 1 aliphatic carbocycles. The molecule has 2 amide bonds.